The van der Waals surface area contributed by atoms with Crippen molar-refractivity contribution in [2.75, 3.05) is 62.6 Å². The van der Waals surface area contributed by atoms with Gasteiger partial charge in [-0.3, -0.25) is 24.1 Å². The Bertz CT molecular complexity index is 2600. The Hall–Kier alpha value is -6.02. The largest absolute Gasteiger partial charge is 0.494 e. The number of nitrogens with one attached hydrogen (secondary N) is 2. The quantitative estimate of drug-likeness (QED) is 0.0400. The Kier molecular flexibility index (Phi) is 18.5. The number of thiazole rings is 1. The summed E-state index contributed by atoms with van der Waals surface area (Å²) in [6, 6.07) is 15.8. The lowest BCUT2D eigenvalue weighted by atomic mass is 9.85. The highest BCUT2D eigenvalue weighted by Gasteiger charge is 2.51. The molecule has 2 fully saturated rings. The van der Waals surface area contributed by atoms with Crippen LogP contribution in [0.25, 0.3) is 15.3 Å². The SMILES string of the molecule is [C-]#[N+]c1ccc(N2C(=O)C(C)(C)N(c3ccc(OCCCOCCCOCCOCC(=O)N[C@H](C(=O)N4C[C@H](O)C[C@H]4C(=O)NCc4ccc(-c5scnc5C)cc4)C(C)(C)C)cc3)C2=S)cc1C(F)(F)F. The van der Waals surface area contributed by atoms with Gasteiger partial charge in [0.05, 0.1) is 54.1 Å². The van der Waals surface area contributed by atoms with Gasteiger partial charge in [-0.05, 0) is 92.4 Å². The zero-order valence-corrected chi connectivity index (χ0v) is 42.7. The third kappa shape index (κ3) is 13.7. The highest BCUT2D eigenvalue weighted by atomic mass is 32.1. The van der Waals surface area contributed by atoms with Crippen LogP contribution in [0.3, 0.4) is 0 Å². The highest BCUT2D eigenvalue weighted by molar-refractivity contribution is 7.81. The molecule has 1 aromatic heterocycles. The molecule has 2 aliphatic heterocycles. The summed E-state index contributed by atoms with van der Waals surface area (Å²) in [5.74, 6) is -1.33. The van der Waals surface area contributed by atoms with E-state index in [0.717, 1.165) is 38.7 Å². The van der Waals surface area contributed by atoms with E-state index in [4.69, 9.17) is 37.7 Å². The summed E-state index contributed by atoms with van der Waals surface area (Å²) in [5, 5.41) is 16.2. The van der Waals surface area contributed by atoms with Crippen LogP contribution >= 0.6 is 23.6 Å². The first-order valence-electron chi connectivity index (χ1n) is 23.4. The summed E-state index contributed by atoms with van der Waals surface area (Å²) < 4.78 is 63.8. The molecule has 3 aromatic carbocycles. The lowest BCUT2D eigenvalue weighted by Gasteiger charge is -2.35. The second kappa shape index (κ2) is 24.1. The fourth-order valence-corrected chi connectivity index (χ4v) is 9.55. The van der Waals surface area contributed by atoms with E-state index in [1.807, 2.05) is 52.0 Å². The molecule has 2 saturated heterocycles. The molecule has 4 aromatic rings. The van der Waals surface area contributed by atoms with Gasteiger partial charge >= 0.3 is 6.18 Å². The number of carbonyl (C=O) groups excluding carboxylic acids is 4. The zero-order chi connectivity index (χ0) is 52.4. The Morgan fingerprint density at radius 2 is 1.58 bits per heavy atom. The molecule has 3 heterocycles. The first kappa shape index (κ1) is 55.3. The number of rotatable bonds is 22. The van der Waals surface area contributed by atoms with Gasteiger partial charge in [0.2, 0.25) is 17.7 Å². The van der Waals surface area contributed by atoms with Gasteiger partial charge in [0.25, 0.3) is 5.91 Å². The van der Waals surface area contributed by atoms with Crippen LogP contribution in [0.15, 0.2) is 72.2 Å². The van der Waals surface area contributed by atoms with Crippen molar-refractivity contribution in [3.05, 3.63) is 100 Å². The molecule has 0 aliphatic carbocycles. The molecule has 0 bridgehead atoms. The number of ether oxygens (including phenoxy) is 4. The van der Waals surface area contributed by atoms with Crippen LogP contribution in [0.5, 0.6) is 5.75 Å². The maximum Gasteiger partial charge on any atom is 0.407 e. The van der Waals surface area contributed by atoms with Crippen LogP contribution in [0, 0.1) is 18.9 Å². The number of hydrogen-bond donors (Lipinski definition) is 3. The van der Waals surface area contributed by atoms with E-state index in [1.54, 1.807) is 59.9 Å². The van der Waals surface area contributed by atoms with Crippen molar-refractivity contribution in [1.82, 2.24) is 20.5 Å². The molecule has 21 heteroatoms. The summed E-state index contributed by atoms with van der Waals surface area (Å²) in [6.07, 6.45) is -4.39. The lowest BCUT2D eigenvalue weighted by molar-refractivity contribution is -0.144. The molecule has 72 heavy (non-hydrogen) atoms. The molecule has 3 atom stereocenters. The van der Waals surface area contributed by atoms with E-state index in [0.29, 0.717) is 50.7 Å². The number of hydrogen-bond acceptors (Lipinski definition) is 12. The smallest absolute Gasteiger partial charge is 0.407 e. The molecule has 0 unspecified atom stereocenters. The van der Waals surface area contributed by atoms with Crippen LogP contribution in [0.1, 0.15) is 70.7 Å². The molecule has 4 amide bonds. The van der Waals surface area contributed by atoms with Crippen molar-refractivity contribution in [2.45, 2.75) is 97.3 Å². The average molecular weight is 1040 g/mol. The van der Waals surface area contributed by atoms with Crippen molar-refractivity contribution in [1.29, 1.82) is 0 Å². The van der Waals surface area contributed by atoms with Crippen molar-refractivity contribution in [3.63, 3.8) is 0 Å². The van der Waals surface area contributed by atoms with Gasteiger partial charge in [-0.2, -0.15) is 13.2 Å². The number of aliphatic hydroxyl groups excluding tert-OH is 1. The minimum atomic E-state index is -4.79. The summed E-state index contributed by atoms with van der Waals surface area (Å²) in [5.41, 5.74) is 1.45. The van der Waals surface area contributed by atoms with Gasteiger partial charge in [-0.1, -0.05) is 51.1 Å². The number of thiocarbonyl (C=S) groups is 1. The van der Waals surface area contributed by atoms with Gasteiger partial charge in [0.1, 0.15) is 30.0 Å². The van der Waals surface area contributed by atoms with E-state index >= 15 is 0 Å². The lowest BCUT2D eigenvalue weighted by Crippen LogP contribution is -2.58. The highest BCUT2D eigenvalue weighted by Crippen LogP contribution is 2.42. The average Bonchev–Trinajstić information content (AvgIpc) is 4.00. The van der Waals surface area contributed by atoms with E-state index in [9.17, 15) is 37.5 Å². The number of anilines is 2. The Morgan fingerprint density at radius 1 is 0.944 bits per heavy atom. The molecule has 2 aliphatic rings. The van der Waals surface area contributed by atoms with Crippen LogP contribution in [-0.4, -0.2) is 120 Å². The third-order valence-electron chi connectivity index (χ3n) is 12.0. The molecule has 386 valence electrons. The number of β-amino-alcohol motifs (C(OH)–C–C–N with tert-alkyl or cyclic N) is 1. The van der Waals surface area contributed by atoms with Crippen LogP contribution in [0.4, 0.5) is 30.2 Å². The number of nitrogens with zero attached hydrogens (tertiary/aromatic N) is 5. The van der Waals surface area contributed by atoms with Crippen molar-refractivity contribution in [2.24, 2.45) is 5.41 Å². The first-order valence-corrected chi connectivity index (χ1v) is 24.7. The monoisotopic (exact) mass is 1040 g/mol. The number of halogens is 3. The maximum absolute atomic E-state index is 13.9. The third-order valence-corrected chi connectivity index (χ3v) is 13.4. The molecular weight excluding hydrogens is 976 g/mol. The van der Waals surface area contributed by atoms with Gasteiger partial charge in [0.15, 0.2) is 10.8 Å². The molecular formula is C51H60F3N7O9S2. The zero-order valence-electron chi connectivity index (χ0n) is 41.0. The van der Waals surface area contributed by atoms with Crippen molar-refractivity contribution >= 4 is 69.4 Å². The van der Waals surface area contributed by atoms with E-state index < -0.39 is 70.2 Å². The second-order valence-electron chi connectivity index (χ2n) is 18.9. The summed E-state index contributed by atoms with van der Waals surface area (Å²) in [6.45, 7) is 19.7. The van der Waals surface area contributed by atoms with Crippen molar-refractivity contribution < 1.29 is 56.4 Å². The second-order valence-corrected chi connectivity index (χ2v) is 20.1. The summed E-state index contributed by atoms with van der Waals surface area (Å²) in [4.78, 5) is 66.2. The fourth-order valence-electron chi connectivity index (χ4n) is 8.22. The van der Waals surface area contributed by atoms with E-state index in [-0.39, 0.29) is 50.1 Å². The number of aromatic nitrogens is 1. The predicted octanol–water partition coefficient (Wildman–Crippen LogP) is 7.62. The standard InChI is InChI=1S/C51H60F3N7O9S2/c1-32-43(72-31-57-32)34-12-10-33(11-13-34)28-56-45(64)41-27-37(62)29-59(41)46(65)44(49(2,3)4)58-42(63)30-69-25-24-68-21-8-20-67-22-9-23-70-38-17-14-35(15-18-38)61-48(71)60(47(66)50(61,5)6)36-16-19-40(55-7)39(26-36)51(52,53)54/h10-19,26,31,37,41,44,62H,8-9,20-25,27-30H2,1-6H3,(H,56,64)(H,58,63)/t37-,41+,44-/m1/s1. The molecule has 0 saturated carbocycles. The number of amides is 4. The molecule has 6 rings (SSSR count). The number of alkyl halides is 3. The topological polar surface area (TPSA) is 176 Å². The normalized spacial score (nSPS) is 17.3. The van der Waals surface area contributed by atoms with Gasteiger partial charge in [-0.15, -0.1) is 11.3 Å². The summed E-state index contributed by atoms with van der Waals surface area (Å²) >= 11 is 7.18. The summed E-state index contributed by atoms with van der Waals surface area (Å²) in [7, 11) is 0. The fraction of sp³-hybridized carbons (Fsp3) is 0.471. The number of aryl methyl sites for hydroxylation is 1. The first-order chi connectivity index (χ1) is 34.1. The molecule has 0 radical (unpaired) electrons. The number of likely N-dealkylation sites (tertiary alicyclic amines) is 1. The van der Waals surface area contributed by atoms with Gasteiger partial charge in [-0.25, -0.2) is 9.83 Å². The number of benzene rings is 3. The van der Waals surface area contributed by atoms with Gasteiger partial charge in [0, 0.05) is 57.1 Å². The Balaban J connectivity index is 0.836. The Morgan fingerprint density at radius 3 is 2.21 bits per heavy atom. The van der Waals surface area contributed by atoms with Crippen LogP contribution in [-0.2, 0) is 46.1 Å². The van der Waals surface area contributed by atoms with E-state index in [1.165, 1.54) is 11.0 Å². The van der Waals surface area contributed by atoms with Crippen LogP contribution in [0.2, 0.25) is 0 Å². The Labute approximate surface area is 426 Å². The number of carbonyl (C=O) groups is 4. The number of aliphatic hydroxyl groups is 1. The molecule has 16 nitrogen and oxygen atoms in total. The van der Waals surface area contributed by atoms with Crippen molar-refractivity contribution in [3.8, 4) is 16.2 Å². The van der Waals surface area contributed by atoms with E-state index in [2.05, 4.69) is 20.5 Å². The minimum absolute atomic E-state index is 0.00282. The van der Waals surface area contributed by atoms with Crippen LogP contribution < -0.4 is 25.2 Å². The van der Waals surface area contributed by atoms with Gasteiger partial charge < -0.3 is 44.5 Å². The minimum Gasteiger partial charge on any atom is -0.494 e. The molecule has 0 spiro atoms. The maximum atomic E-state index is 13.9. The predicted molar refractivity (Wildman–Crippen MR) is 270 cm³/mol. The molecule has 3 N–H and O–H groups in total.